The molecule has 1 N–H and O–H groups in total. The first-order chi connectivity index (χ1) is 10.8. The molecule has 0 aliphatic carbocycles. The predicted molar refractivity (Wildman–Crippen MR) is 85.3 cm³/mol. The van der Waals surface area contributed by atoms with Crippen molar-refractivity contribution in [3.8, 4) is 0 Å². The Morgan fingerprint density at radius 3 is 2.25 bits per heavy atom. The van der Waals surface area contributed by atoms with E-state index in [1.54, 1.807) is 6.92 Å². The molecule has 0 fully saturated rings. The van der Waals surface area contributed by atoms with Crippen LogP contribution in [0, 0.1) is 0 Å². The molecule has 0 aliphatic rings. The van der Waals surface area contributed by atoms with E-state index in [-0.39, 0.29) is 17.6 Å². The molecular formula is C10H7Cl4F3N3O3P. The lowest BCUT2D eigenvalue weighted by Gasteiger charge is -2.11. The lowest BCUT2D eigenvalue weighted by Crippen LogP contribution is -2.17. The molecule has 2 aromatic heterocycles. The molecule has 14 heteroatoms. The highest BCUT2D eigenvalue weighted by molar-refractivity contribution is 8.24. The van der Waals surface area contributed by atoms with Crippen LogP contribution in [0.15, 0.2) is 6.20 Å². The summed E-state index contributed by atoms with van der Waals surface area (Å²) in [7, 11) is 0. The highest BCUT2D eigenvalue weighted by Gasteiger charge is 2.40. The summed E-state index contributed by atoms with van der Waals surface area (Å²) in [5.74, 6) is -1.78. The second kappa shape index (κ2) is 7.66. The van der Waals surface area contributed by atoms with Gasteiger partial charge in [-0.2, -0.15) is 18.3 Å². The fourth-order valence-electron chi connectivity index (χ4n) is 1.68. The molecule has 0 bridgehead atoms. The van der Waals surface area contributed by atoms with Crippen LogP contribution >= 0.6 is 50.5 Å². The van der Waals surface area contributed by atoms with Gasteiger partial charge < -0.3 is 5.11 Å². The van der Waals surface area contributed by atoms with Gasteiger partial charge in [-0.15, -0.1) is 0 Å². The van der Waals surface area contributed by atoms with Crippen molar-refractivity contribution in [3.05, 3.63) is 22.5 Å². The minimum atomic E-state index is -4.91. The zero-order chi connectivity index (χ0) is 18.9. The third-order valence-electron chi connectivity index (χ3n) is 2.50. The molecule has 0 spiro atoms. The molecule has 2 rings (SSSR count). The van der Waals surface area contributed by atoms with Crippen molar-refractivity contribution in [2.75, 3.05) is 0 Å². The zero-order valence-electron chi connectivity index (χ0n) is 11.5. The van der Waals surface area contributed by atoms with Gasteiger partial charge in [0.15, 0.2) is 11.3 Å². The molecule has 2 heterocycles. The van der Waals surface area contributed by atoms with Crippen molar-refractivity contribution < 1.29 is 27.6 Å². The molecule has 0 unspecified atom stereocenters. The number of halogens is 7. The lowest BCUT2D eigenvalue weighted by molar-refractivity contribution is -0.141. The van der Waals surface area contributed by atoms with Crippen molar-refractivity contribution in [1.82, 2.24) is 14.8 Å². The molecule has 0 atom stereocenters. The topological polar surface area (TPSA) is 85.1 Å². The largest absolute Gasteiger partial charge is 0.478 e. The summed E-state index contributed by atoms with van der Waals surface area (Å²) in [6.45, 7) is 1.96. The summed E-state index contributed by atoms with van der Waals surface area (Å²) < 4.78 is 49.3. The summed E-state index contributed by atoms with van der Waals surface area (Å²) in [6, 6.07) is 0. The number of pyridine rings is 1. The van der Waals surface area contributed by atoms with E-state index in [0.717, 1.165) is 0 Å². The highest BCUT2D eigenvalue weighted by Crippen LogP contribution is 2.61. The van der Waals surface area contributed by atoms with Gasteiger partial charge in [-0.25, -0.2) is 14.5 Å². The van der Waals surface area contributed by atoms with Crippen molar-refractivity contribution in [1.29, 1.82) is 0 Å². The summed E-state index contributed by atoms with van der Waals surface area (Å²) in [4.78, 5) is 14.3. The number of hydrogen-bond acceptors (Lipinski definition) is 4. The van der Waals surface area contributed by atoms with Crippen LogP contribution in [0.25, 0.3) is 11.0 Å². The Bertz CT molecular complexity index is 813. The van der Waals surface area contributed by atoms with E-state index in [2.05, 4.69) is 43.8 Å². The van der Waals surface area contributed by atoms with E-state index in [0.29, 0.717) is 0 Å². The Morgan fingerprint density at radius 1 is 1.38 bits per heavy atom. The number of carbonyl (C=O) groups is 1. The molecule has 0 saturated heterocycles. The number of carboxylic acid groups (broad SMARTS) is 1. The quantitative estimate of drug-likeness (QED) is 0.604. The second-order valence-electron chi connectivity index (χ2n) is 4.05. The molecule has 134 valence electrons. The highest BCUT2D eigenvalue weighted by atomic mass is 36.0. The number of aromatic nitrogens is 3. The lowest BCUT2D eigenvalue weighted by atomic mass is 10.1. The monoisotopic (exact) mass is 445 g/mol. The van der Waals surface area contributed by atoms with Gasteiger partial charge in [0.25, 0.3) is 0 Å². The van der Waals surface area contributed by atoms with Crippen LogP contribution < -0.4 is 0 Å². The molecule has 0 amide bonds. The first kappa shape index (κ1) is 21.3. The maximum atomic E-state index is 12.8. The van der Waals surface area contributed by atoms with Gasteiger partial charge in [-0.1, -0.05) is 11.6 Å². The number of nitrogens with zero attached hydrogens (tertiary/aromatic N) is 3. The molecule has 2 aromatic rings. The Morgan fingerprint density at radius 2 is 1.88 bits per heavy atom. The number of fused-ring (bicyclic) bond motifs is 1. The number of carboxylic acids is 1. The first-order valence-electron chi connectivity index (χ1n) is 5.81. The normalized spacial score (nSPS) is 12.0. The Labute approximate surface area is 152 Å². The van der Waals surface area contributed by atoms with Crippen LogP contribution in [0.4, 0.5) is 13.2 Å². The fraction of sp³-hybridized carbons (Fsp3) is 0.300. The molecule has 0 radical (unpaired) electrons. The van der Waals surface area contributed by atoms with Gasteiger partial charge in [0.1, 0.15) is 5.56 Å². The summed E-state index contributed by atoms with van der Waals surface area (Å²) in [5, 5.41) is 9.04. The van der Waals surface area contributed by atoms with Crippen LogP contribution in [-0.2, 0) is 17.3 Å². The minimum absolute atomic E-state index is 0.0777. The van der Waals surface area contributed by atoms with Crippen molar-refractivity contribution in [3.63, 3.8) is 0 Å². The SMILES string of the molecule is CCn1ncc2c(Cl)c(C(=O)O)c(C(F)(F)F)nc21.O=P(Cl)(Cl)Cl. The van der Waals surface area contributed by atoms with Crippen LogP contribution in [0.5, 0.6) is 0 Å². The van der Waals surface area contributed by atoms with Gasteiger partial charge in [-0.3, -0.25) is 4.57 Å². The van der Waals surface area contributed by atoms with E-state index in [9.17, 15) is 22.5 Å². The van der Waals surface area contributed by atoms with Gasteiger partial charge in [0, 0.05) is 6.54 Å². The maximum Gasteiger partial charge on any atom is 0.434 e. The number of rotatable bonds is 2. The number of aromatic carboxylic acids is 1. The summed E-state index contributed by atoms with van der Waals surface area (Å²) in [5.41, 5.74) is -2.67. The third kappa shape index (κ3) is 5.39. The second-order valence-corrected chi connectivity index (χ2v) is 11.1. The molecule has 0 saturated carbocycles. The zero-order valence-corrected chi connectivity index (χ0v) is 15.4. The standard InChI is InChI=1S/C10H7ClF3N3O2.Cl3OP/c1-2-17-8-4(3-15-17)6(11)5(9(18)19)7(16-8)10(12,13)14;1-5(2,3)4/h3H,2H2,1H3,(H,18,19);. The van der Waals surface area contributed by atoms with E-state index >= 15 is 0 Å². The van der Waals surface area contributed by atoms with E-state index in [4.69, 9.17) is 16.7 Å². The van der Waals surface area contributed by atoms with E-state index < -0.39 is 33.6 Å². The first-order valence-corrected chi connectivity index (χ1v) is 10.6. The fourth-order valence-corrected chi connectivity index (χ4v) is 1.99. The van der Waals surface area contributed by atoms with Crippen LogP contribution in [-0.4, -0.2) is 25.8 Å². The minimum Gasteiger partial charge on any atom is -0.478 e. The molecule has 0 aromatic carbocycles. The smallest absolute Gasteiger partial charge is 0.434 e. The molecular weight excluding hydrogens is 440 g/mol. The van der Waals surface area contributed by atoms with Crippen molar-refractivity contribution >= 4 is 67.5 Å². The Kier molecular flexibility index (Phi) is 6.80. The number of hydrogen-bond donors (Lipinski definition) is 1. The van der Waals surface area contributed by atoms with Crippen molar-refractivity contribution in [2.24, 2.45) is 0 Å². The average molecular weight is 447 g/mol. The molecule has 6 nitrogen and oxygen atoms in total. The van der Waals surface area contributed by atoms with Gasteiger partial charge in [0.05, 0.1) is 16.6 Å². The third-order valence-corrected chi connectivity index (χ3v) is 2.90. The number of aryl methyl sites for hydroxylation is 1. The maximum absolute atomic E-state index is 12.8. The Hall–Kier alpha value is -0.730. The van der Waals surface area contributed by atoms with Crippen molar-refractivity contribution in [2.45, 2.75) is 19.6 Å². The van der Waals surface area contributed by atoms with Gasteiger partial charge in [0.2, 0.25) is 0 Å². The van der Waals surface area contributed by atoms with Crippen LogP contribution in [0.3, 0.4) is 0 Å². The van der Waals surface area contributed by atoms with Gasteiger partial charge in [-0.05, 0) is 40.6 Å². The average Bonchev–Trinajstić information content (AvgIpc) is 2.78. The van der Waals surface area contributed by atoms with Crippen LogP contribution in [0.1, 0.15) is 23.0 Å². The van der Waals surface area contributed by atoms with Crippen LogP contribution in [0.2, 0.25) is 5.02 Å². The summed E-state index contributed by atoms with van der Waals surface area (Å²) >= 11 is 19.6. The van der Waals surface area contributed by atoms with E-state index in [1.165, 1.54) is 10.9 Å². The number of alkyl halides is 3. The van der Waals surface area contributed by atoms with Gasteiger partial charge >= 0.3 is 17.3 Å². The summed E-state index contributed by atoms with van der Waals surface area (Å²) in [6.07, 6.45) is -3.71. The van der Waals surface area contributed by atoms with E-state index in [1.807, 2.05) is 0 Å². The Balaban J connectivity index is 0.000000505. The molecule has 24 heavy (non-hydrogen) atoms. The predicted octanol–water partition coefficient (Wildman–Crippen LogP) is 5.63. The molecule has 0 aliphatic heterocycles.